The first-order chi connectivity index (χ1) is 13.6. The van der Waals surface area contributed by atoms with Gasteiger partial charge in [0, 0.05) is 5.56 Å². The molecule has 0 radical (unpaired) electrons. The van der Waals surface area contributed by atoms with E-state index in [9.17, 15) is 14.7 Å². The van der Waals surface area contributed by atoms with Crippen molar-refractivity contribution in [3.63, 3.8) is 0 Å². The first kappa shape index (κ1) is 17.8. The minimum absolute atomic E-state index is 0.0895. The summed E-state index contributed by atoms with van der Waals surface area (Å²) in [6.45, 7) is 2.08. The molecular weight excluding hydrogens is 354 g/mol. The number of rotatable bonds is 4. The molecule has 2 heterocycles. The Hall–Kier alpha value is -3.60. The van der Waals surface area contributed by atoms with Crippen LogP contribution in [0.15, 0.2) is 83.0 Å². The predicted octanol–water partition coefficient (Wildman–Crippen LogP) is 4.21. The van der Waals surface area contributed by atoms with E-state index in [1.165, 1.54) is 11.2 Å². The number of aliphatic hydroxyl groups excluding tert-OH is 1. The highest BCUT2D eigenvalue weighted by Gasteiger charge is 2.46. The fourth-order valence-corrected chi connectivity index (χ4v) is 3.46. The number of benzene rings is 2. The molecule has 1 fully saturated rings. The minimum atomic E-state index is -0.696. The van der Waals surface area contributed by atoms with Gasteiger partial charge >= 0.3 is 0 Å². The van der Waals surface area contributed by atoms with Crippen LogP contribution in [-0.4, -0.2) is 21.7 Å². The lowest BCUT2D eigenvalue weighted by atomic mass is 9.95. The Morgan fingerprint density at radius 3 is 2.36 bits per heavy atom. The molecule has 1 aromatic heterocycles. The van der Waals surface area contributed by atoms with Gasteiger partial charge in [-0.1, -0.05) is 60.2 Å². The monoisotopic (exact) mass is 373 g/mol. The molecule has 1 amide bonds. The summed E-state index contributed by atoms with van der Waals surface area (Å²) in [6, 6.07) is 19.2. The molecule has 28 heavy (non-hydrogen) atoms. The first-order valence-corrected chi connectivity index (χ1v) is 8.99. The SMILES string of the molecule is Cc1ccc(/C(O)=C2/C(=O)C(=O)N(Cc3ccco3)C2c2ccccc2)cc1. The predicted molar refractivity (Wildman–Crippen MR) is 104 cm³/mol. The van der Waals surface area contributed by atoms with E-state index in [0.29, 0.717) is 11.3 Å². The highest BCUT2D eigenvalue weighted by Crippen LogP contribution is 2.40. The number of aryl methyl sites for hydroxylation is 1. The normalized spacial score (nSPS) is 18.6. The van der Waals surface area contributed by atoms with Crippen LogP contribution in [0, 0.1) is 6.92 Å². The van der Waals surface area contributed by atoms with Crippen molar-refractivity contribution in [2.24, 2.45) is 0 Å². The fraction of sp³-hybridized carbons (Fsp3) is 0.130. The van der Waals surface area contributed by atoms with Crippen molar-refractivity contribution in [3.8, 4) is 0 Å². The van der Waals surface area contributed by atoms with Gasteiger partial charge in [-0.2, -0.15) is 0 Å². The topological polar surface area (TPSA) is 70.8 Å². The van der Waals surface area contributed by atoms with E-state index in [4.69, 9.17) is 4.42 Å². The largest absolute Gasteiger partial charge is 0.507 e. The smallest absolute Gasteiger partial charge is 0.296 e. The molecule has 0 aliphatic carbocycles. The average Bonchev–Trinajstić information content (AvgIpc) is 3.31. The van der Waals surface area contributed by atoms with Gasteiger partial charge in [0.05, 0.1) is 24.4 Å². The van der Waals surface area contributed by atoms with Crippen molar-refractivity contribution in [1.82, 2.24) is 4.90 Å². The lowest BCUT2D eigenvalue weighted by Crippen LogP contribution is -2.29. The number of furan rings is 1. The molecule has 1 saturated heterocycles. The zero-order chi connectivity index (χ0) is 19.7. The van der Waals surface area contributed by atoms with E-state index in [1.807, 2.05) is 49.4 Å². The van der Waals surface area contributed by atoms with Gasteiger partial charge in [0.1, 0.15) is 11.5 Å². The molecule has 0 saturated carbocycles. The molecule has 3 aromatic rings. The summed E-state index contributed by atoms with van der Waals surface area (Å²) in [6.07, 6.45) is 1.52. The summed E-state index contributed by atoms with van der Waals surface area (Å²) >= 11 is 0. The van der Waals surface area contributed by atoms with E-state index < -0.39 is 17.7 Å². The van der Waals surface area contributed by atoms with Crippen molar-refractivity contribution >= 4 is 17.4 Å². The summed E-state index contributed by atoms with van der Waals surface area (Å²) < 4.78 is 5.37. The molecule has 5 nitrogen and oxygen atoms in total. The number of likely N-dealkylation sites (tertiary alicyclic amines) is 1. The molecule has 4 rings (SSSR count). The highest BCUT2D eigenvalue weighted by molar-refractivity contribution is 6.46. The van der Waals surface area contributed by atoms with E-state index in [0.717, 1.165) is 11.1 Å². The van der Waals surface area contributed by atoms with Crippen LogP contribution in [0.4, 0.5) is 0 Å². The van der Waals surface area contributed by atoms with Gasteiger partial charge in [0.2, 0.25) is 0 Å². The molecule has 1 aliphatic rings. The van der Waals surface area contributed by atoms with Crippen LogP contribution in [0.2, 0.25) is 0 Å². The van der Waals surface area contributed by atoms with Crippen molar-refractivity contribution < 1.29 is 19.1 Å². The third kappa shape index (κ3) is 3.11. The number of hydrogen-bond donors (Lipinski definition) is 1. The molecule has 1 unspecified atom stereocenters. The maximum atomic E-state index is 12.9. The van der Waals surface area contributed by atoms with Gasteiger partial charge in [-0.15, -0.1) is 0 Å². The number of Topliss-reactive ketones (excluding diaryl/α,β-unsaturated/α-hetero) is 1. The Balaban J connectivity index is 1.85. The van der Waals surface area contributed by atoms with Crippen LogP contribution in [0.3, 0.4) is 0 Å². The third-order valence-corrected chi connectivity index (χ3v) is 4.89. The standard InChI is InChI=1S/C23H19NO4/c1-15-9-11-17(12-10-15)21(25)19-20(16-6-3-2-4-7-16)24(23(27)22(19)26)14-18-8-5-13-28-18/h2-13,20,25H,14H2,1H3/b21-19-. The summed E-state index contributed by atoms with van der Waals surface area (Å²) in [5, 5.41) is 10.9. The zero-order valence-corrected chi connectivity index (χ0v) is 15.3. The number of hydrogen-bond acceptors (Lipinski definition) is 4. The lowest BCUT2D eigenvalue weighted by molar-refractivity contribution is -0.140. The van der Waals surface area contributed by atoms with Gasteiger partial charge in [0.25, 0.3) is 11.7 Å². The lowest BCUT2D eigenvalue weighted by Gasteiger charge is -2.24. The highest BCUT2D eigenvalue weighted by atomic mass is 16.3. The minimum Gasteiger partial charge on any atom is -0.507 e. The van der Waals surface area contributed by atoms with Gasteiger partial charge in [-0.05, 0) is 24.6 Å². The molecule has 5 heteroatoms. The summed E-state index contributed by atoms with van der Waals surface area (Å²) in [7, 11) is 0. The first-order valence-electron chi connectivity index (χ1n) is 8.99. The zero-order valence-electron chi connectivity index (χ0n) is 15.3. The van der Waals surface area contributed by atoms with E-state index in [1.54, 1.807) is 24.3 Å². The second-order valence-electron chi connectivity index (χ2n) is 6.78. The van der Waals surface area contributed by atoms with Gasteiger partial charge in [0.15, 0.2) is 0 Å². The van der Waals surface area contributed by atoms with Crippen molar-refractivity contribution in [2.45, 2.75) is 19.5 Å². The number of nitrogens with zero attached hydrogens (tertiary/aromatic N) is 1. The Morgan fingerprint density at radius 2 is 1.71 bits per heavy atom. The Morgan fingerprint density at radius 1 is 1.00 bits per heavy atom. The molecule has 1 N–H and O–H groups in total. The molecule has 140 valence electrons. The van der Waals surface area contributed by atoms with Gasteiger partial charge in [-0.25, -0.2) is 0 Å². The molecular formula is C23H19NO4. The van der Waals surface area contributed by atoms with E-state index in [2.05, 4.69) is 0 Å². The number of aliphatic hydroxyl groups is 1. The van der Waals surface area contributed by atoms with Crippen LogP contribution in [-0.2, 0) is 16.1 Å². The number of carbonyl (C=O) groups is 2. The van der Waals surface area contributed by atoms with Crippen LogP contribution >= 0.6 is 0 Å². The number of ketones is 1. The summed E-state index contributed by atoms with van der Waals surface area (Å²) in [5.74, 6) is -0.954. The molecule has 2 aromatic carbocycles. The molecule has 0 spiro atoms. The second-order valence-corrected chi connectivity index (χ2v) is 6.78. The van der Waals surface area contributed by atoms with Crippen molar-refractivity contribution in [2.75, 3.05) is 0 Å². The maximum Gasteiger partial charge on any atom is 0.296 e. The van der Waals surface area contributed by atoms with Gasteiger partial charge in [-0.3, -0.25) is 9.59 Å². The Labute approximate surface area is 162 Å². The van der Waals surface area contributed by atoms with Crippen molar-refractivity contribution in [3.05, 3.63) is 101 Å². The van der Waals surface area contributed by atoms with E-state index >= 15 is 0 Å². The summed E-state index contributed by atoms with van der Waals surface area (Å²) in [5.41, 5.74) is 2.38. The molecule has 1 aliphatic heterocycles. The van der Waals surface area contributed by atoms with Crippen molar-refractivity contribution in [1.29, 1.82) is 0 Å². The fourth-order valence-electron chi connectivity index (χ4n) is 3.46. The van der Waals surface area contributed by atoms with Crippen LogP contribution in [0.1, 0.15) is 28.5 Å². The van der Waals surface area contributed by atoms with E-state index in [-0.39, 0.29) is 17.9 Å². The van der Waals surface area contributed by atoms with Crippen LogP contribution in [0.25, 0.3) is 5.76 Å². The number of amides is 1. The Kier molecular flexibility index (Phi) is 4.57. The number of carbonyl (C=O) groups excluding carboxylic acids is 2. The van der Waals surface area contributed by atoms with Crippen LogP contribution < -0.4 is 0 Å². The van der Waals surface area contributed by atoms with Crippen LogP contribution in [0.5, 0.6) is 0 Å². The molecule has 1 atom stereocenters. The van der Waals surface area contributed by atoms with Gasteiger partial charge < -0.3 is 14.4 Å². The average molecular weight is 373 g/mol. The quantitative estimate of drug-likeness (QED) is 0.422. The maximum absolute atomic E-state index is 12.9. The molecule has 0 bridgehead atoms. The Bertz CT molecular complexity index is 1030. The second kappa shape index (κ2) is 7.19. The third-order valence-electron chi connectivity index (χ3n) is 4.89. The summed E-state index contributed by atoms with van der Waals surface area (Å²) in [4.78, 5) is 27.1.